The molecule has 0 heterocycles. The first kappa shape index (κ1) is 21.2. The molecule has 0 spiro atoms. The molecular formula is C18H39O2P. The molecule has 0 saturated heterocycles. The molecule has 0 aromatic carbocycles. The normalized spacial score (nSPS) is 19.8. The number of rotatable bonds is 10. The van der Waals surface area contributed by atoms with E-state index >= 15 is 0 Å². The Morgan fingerprint density at radius 1 is 1.05 bits per heavy atom. The van der Waals surface area contributed by atoms with Crippen molar-refractivity contribution in [3.63, 3.8) is 0 Å². The molecule has 21 heavy (non-hydrogen) atoms. The third-order valence-electron chi connectivity index (χ3n) is 4.51. The third-order valence-corrected chi connectivity index (χ3v) is 7.44. The minimum atomic E-state index is -3.04. The van der Waals surface area contributed by atoms with Gasteiger partial charge in [0.15, 0.2) is 0 Å². The van der Waals surface area contributed by atoms with Gasteiger partial charge in [0.1, 0.15) is 0 Å². The van der Waals surface area contributed by atoms with Crippen LogP contribution < -0.4 is 0 Å². The summed E-state index contributed by atoms with van der Waals surface area (Å²) in [6.07, 6.45) is 7.53. The van der Waals surface area contributed by atoms with Crippen LogP contribution in [-0.2, 0) is 4.57 Å². The first-order chi connectivity index (χ1) is 9.49. The van der Waals surface area contributed by atoms with E-state index < -0.39 is 7.37 Å². The largest absolute Gasteiger partial charge is 0.344 e. The molecule has 2 nitrogen and oxygen atoms in total. The Morgan fingerprint density at radius 2 is 1.62 bits per heavy atom. The van der Waals surface area contributed by atoms with Gasteiger partial charge in [-0.15, -0.1) is 0 Å². The highest BCUT2D eigenvalue weighted by molar-refractivity contribution is 7.58. The molecular weight excluding hydrogens is 279 g/mol. The Labute approximate surface area is 133 Å². The second-order valence-electron chi connectivity index (χ2n) is 8.38. The summed E-state index contributed by atoms with van der Waals surface area (Å²) in [6, 6.07) is 0. The molecule has 0 aliphatic heterocycles. The van der Waals surface area contributed by atoms with E-state index in [1.165, 1.54) is 25.7 Å². The van der Waals surface area contributed by atoms with Crippen molar-refractivity contribution in [2.75, 3.05) is 6.16 Å². The minimum Gasteiger partial charge on any atom is -0.344 e. The standard InChI is InChI=1S/C18H39O2P/c1-8-9-10-11-12-16(3)17(4)21(19,20)14-15(2)13-18(5,6)7/h15-17H,8-14H2,1-7H3,(H,19,20). The Balaban J connectivity index is 4.36. The van der Waals surface area contributed by atoms with Crippen LogP contribution in [0.15, 0.2) is 0 Å². The van der Waals surface area contributed by atoms with Crippen LogP contribution in [0.1, 0.15) is 87.0 Å². The average molecular weight is 318 g/mol. The number of unbranched alkanes of at least 4 members (excludes halogenated alkanes) is 3. The van der Waals surface area contributed by atoms with Crippen LogP contribution in [0, 0.1) is 17.3 Å². The highest BCUT2D eigenvalue weighted by atomic mass is 31.2. The fraction of sp³-hybridized carbons (Fsp3) is 1.00. The quantitative estimate of drug-likeness (QED) is 0.378. The van der Waals surface area contributed by atoms with Crippen molar-refractivity contribution >= 4 is 7.37 Å². The van der Waals surface area contributed by atoms with E-state index in [1.807, 2.05) is 6.92 Å². The third kappa shape index (κ3) is 9.74. The maximum absolute atomic E-state index is 12.7. The van der Waals surface area contributed by atoms with Crippen molar-refractivity contribution in [1.82, 2.24) is 0 Å². The Hall–Kier alpha value is 0.190. The zero-order valence-corrected chi connectivity index (χ0v) is 16.4. The molecule has 4 atom stereocenters. The maximum Gasteiger partial charge on any atom is 0.203 e. The Kier molecular flexibility index (Phi) is 9.44. The van der Waals surface area contributed by atoms with E-state index in [9.17, 15) is 9.46 Å². The van der Waals surface area contributed by atoms with Crippen LogP contribution in [0.2, 0.25) is 0 Å². The summed E-state index contributed by atoms with van der Waals surface area (Å²) in [4.78, 5) is 10.5. The van der Waals surface area contributed by atoms with Gasteiger partial charge in [-0.1, -0.05) is 74.1 Å². The van der Waals surface area contributed by atoms with Gasteiger partial charge in [0.2, 0.25) is 7.37 Å². The van der Waals surface area contributed by atoms with Gasteiger partial charge in [-0.25, -0.2) is 0 Å². The lowest BCUT2D eigenvalue weighted by Crippen LogP contribution is -2.21. The molecule has 0 aliphatic carbocycles. The van der Waals surface area contributed by atoms with E-state index in [2.05, 4.69) is 41.5 Å². The summed E-state index contributed by atoms with van der Waals surface area (Å²) in [6.45, 7) is 15.1. The van der Waals surface area contributed by atoms with Crippen LogP contribution in [-0.4, -0.2) is 16.7 Å². The molecule has 0 fully saturated rings. The van der Waals surface area contributed by atoms with Gasteiger partial charge in [0, 0.05) is 11.8 Å². The molecule has 0 aromatic heterocycles. The predicted molar refractivity (Wildman–Crippen MR) is 95.3 cm³/mol. The van der Waals surface area contributed by atoms with E-state index in [0.717, 1.165) is 12.8 Å². The summed E-state index contributed by atoms with van der Waals surface area (Å²) in [5, 5.41) is 0. The SMILES string of the molecule is CCCCCCC(C)C(C)P(=O)(O)CC(C)CC(C)(C)C. The fourth-order valence-electron chi connectivity index (χ4n) is 3.25. The monoisotopic (exact) mass is 318 g/mol. The molecule has 0 radical (unpaired) electrons. The zero-order chi connectivity index (χ0) is 16.7. The highest BCUT2D eigenvalue weighted by Crippen LogP contribution is 2.52. The van der Waals surface area contributed by atoms with Crippen LogP contribution >= 0.6 is 7.37 Å². The molecule has 0 rings (SSSR count). The molecule has 0 saturated carbocycles. The molecule has 3 heteroatoms. The summed E-state index contributed by atoms with van der Waals surface area (Å²) in [5.74, 6) is 0.662. The van der Waals surface area contributed by atoms with E-state index in [1.54, 1.807) is 0 Å². The molecule has 4 unspecified atom stereocenters. The van der Waals surface area contributed by atoms with Gasteiger partial charge < -0.3 is 4.89 Å². The Bertz CT molecular complexity index is 320. The second-order valence-corrected chi connectivity index (χ2v) is 11.1. The fourth-order valence-corrected chi connectivity index (χ4v) is 5.55. The smallest absolute Gasteiger partial charge is 0.203 e. The second kappa shape index (κ2) is 9.36. The van der Waals surface area contributed by atoms with Crippen molar-refractivity contribution in [3.8, 4) is 0 Å². The van der Waals surface area contributed by atoms with Crippen LogP contribution in [0.25, 0.3) is 0 Å². The number of hydrogen-bond donors (Lipinski definition) is 1. The van der Waals surface area contributed by atoms with Crippen molar-refractivity contribution in [2.24, 2.45) is 17.3 Å². The highest BCUT2D eigenvalue weighted by Gasteiger charge is 2.33. The van der Waals surface area contributed by atoms with Crippen LogP contribution in [0.5, 0.6) is 0 Å². The van der Waals surface area contributed by atoms with Gasteiger partial charge in [0.25, 0.3) is 0 Å². The predicted octanol–water partition coefficient (Wildman–Crippen LogP) is 6.32. The molecule has 0 aromatic rings. The summed E-state index contributed by atoms with van der Waals surface area (Å²) in [7, 11) is -3.04. The van der Waals surface area contributed by atoms with Crippen molar-refractivity contribution in [3.05, 3.63) is 0 Å². The topological polar surface area (TPSA) is 37.3 Å². The molecule has 0 aliphatic rings. The van der Waals surface area contributed by atoms with Gasteiger partial charge in [-0.3, -0.25) is 4.57 Å². The molecule has 0 bridgehead atoms. The van der Waals surface area contributed by atoms with Gasteiger partial charge in [0.05, 0.1) is 0 Å². The van der Waals surface area contributed by atoms with Crippen molar-refractivity contribution in [2.45, 2.75) is 92.7 Å². The lowest BCUT2D eigenvalue weighted by Gasteiger charge is -2.29. The zero-order valence-electron chi connectivity index (χ0n) is 15.5. The van der Waals surface area contributed by atoms with Crippen molar-refractivity contribution in [1.29, 1.82) is 0 Å². The van der Waals surface area contributed by atoms with Crippen molar-refractivity contribution < 1.29 is 9.46 Å². The summed E-state index contributed by atoms with van der Waals surface area (Å²) < 4.78 is 12.7. The van der Waals surface area contributed by atoms with Crippen LogP contribution in [0.4, 0.5) is 0 Å². The van der Waals surface area contributed by atoms with E-state index in [-0.39, 0.29) is 11.1 Å². The lowest BCUT2D eigenvalue weighted by atomic mass is 9.86. The number of hydrogen-bond acceptors (Lipinski definition) is 1. The van der Waals surface area contributed by atoms with Gasteiger partial charge in [-0.05, 0) is 30.1 Å². The van der Waals surface area contributed by atoms with Gasteiger partial charge >= 0.3 is 0 Å². The summed E-state index contributed by atoms with van der Waals surface area (Å²) in [5.41, 5.74) is 0.163. The first-order valence-electron chi connectivity index (χ1n) is 8.81. The summed E-state index contributed by atoms with van der Waals surface area (Å²) >= 11 is 0. The Morgan fingerprint density at radius 3 is 2.10 bits per heavy atom. The minimum absolute atomic E-state index is 0.0680. The first-order valence-corrected chi connectivity index (χ1v) is 10.7. The van der Waals surface area contributed by atoms with Crippen LogP contribution in [0.3, 0.4) is 0 Å². The maximum atomic E-state index is 12.7. The van der Waals surface area contributed by atoms with E-state index in [0.29, 0.717) is 18.0 Å². The molecule has 0 amide bonds. The average Bonchev–Trinajstić information content (AvgIpc) is 2.30. The lowest BCUT2D eigenvalue weighted by molar-refractivity contribution is 0.315. The molecule has 128 valence electrons. The van der Waals surface area contributed by atoms with E-state index in [4.69, 9.17) is 0 Å². The van der Waals surface area contributed by atoms with Gasteiger partial charge in [-0.2, -0.15) is 0 Å². The molecule has 1 N–H and O–H groups in total.